The molecule has 0 aliphatic carbocycles. The Balaban J connectivity index is 1.60. The summed E-state index contributed by atoms with van der Waals surface area (Å²) < 4.78 is 28.8. The lowest BCUT2D eigenvalue weighted by Crippen LogP contribution is -2.66. The SMILES string of the molecule is CC(=O)NCCCCCC(=O)N[C@H]1C(CO)O[C@@H](C)C(O[C@@H]2OC(C)[C@H](O[C@@H]3OC[C@@H](O)C(O)C3O)C(O)C2CO)C1O. The van der Waals surface area contributed by atoms with E-state index in [9.17, 15) is 45.3 Å². The van der Waals surface area contributed by atoms with Gasteiger partial charge in [-0.3, -0.25) is 9.59 Å². The van der Waals surface area contributed by atoms with Crippen LogP contribution in [0.15, 0.2) is 0 Å². The molecule has 3 aliphatic heterocycles. The molecule has 16 nitrogen and oxygen atoms in total. The molecule has 3 saturated heterocycles. The number of rotatable bonds is 13. The van der Waals surface area contributed by atoms with Crippen LogP contribution in [0.25, 0.3) is 0 Å². The van der Waals surface area contributed by atoms with Crippen molar-refractivity contribution in [1.29, 1.82) is 0 Å². The van der Waals surface area contributed by atoms with Crippen molar-refractivity contribution in [2.24, 2.45) is 5.92 Å². The van der Waals surface area contributed by atoms with Crippen LogP contribution in [0.3, 0.4) is 0 Å². The van der Waals surface area contributed by atoms with E-state index in [2.05, 4.69) is 10.6 Å². The lowest BCUT2D eigenvalue weighted by molar-refractivity contribution is -0.353. The van der Waals surface area contributed by atoms with E-state index in [1.54, 1.807) is 13.8 Å². The average Bonchev–Trinajstić information content (AvgIpc) is 2.96. The molecule has 0 radical (unpaired) electrons. The molecular weight excluding hydrogens is 576 g/mol. The van der Waals surface area contributed by atoms with Gasteiger partial charge in [-0.1, -0.05) is 6.42 Å². The molecule has 0 aromatic rings. The molecule has 43 heavy (non-hydrogen) atoms. The molecule has 16 heteroatoms. The van der Waals surface area contributed by atoms with Crippen molar-refractivity contribution in [2.45, 2.75) is 126 Å². The number of ether oxygens (including phenoxy) is 5. The minimum Gasteiger partial charge on any atom is -0.396 e. The van der Waals surface area contributed by atoms with E-state index in [4.69, 9.17) is 23.7 Å². The fourth-order valence-corrected chi connectivity index (χ4v) is 5.57. The molecule has 8 unspecified atom stereocenters. The first-order valence-electron chi connectivity index (χ1n) is 14.8. The molecule has 3 heterocycles. The highest BCUT2D eigenvalue weighted by Gasteiger charge is 2.51. The van der Waals surface area contributed by atoms with Gasteiger partial charge in [-0.25, -0.2) is 0 Å². The molecule has 0 aromatic heterocycles. The second kappa shape index (κ2) is 16.7. The van der Waals surface area contributed by atoms with E-state index >= 15 is 0 Å². The molecule has 9 N–H and O–H groups in total. The van der Waals surface area contributed by atoms with E-state index in [0.29, 0.717) is 25.8 Å². The summed E-state index contributed by atoms with van der Waals surface area (Å²) in [5, 5.41) is 77.6. The Morgan fingerprint density at radius 2 is 1.47 bits per heavy atom. The number of nitrogens with one attached hydrogen (secondary N) is 2. The van der Waals surface area contributed by atoms with Gasteiger partial charge in [0.15, 0.2) is 12.6 Å². The summed E-state index contributed by atoms with van der Waals surface area (Å²) in [6, 6.07) is -1.03. The number of carbonyl (C=O) groups is 2. The lowest BCUT2D eigenvalue weighted by Gasteiger charge is -2.48. The highest BCUT2D eigenvalue weighted by Crippen LogP contribution is 2.34. The van der Waals surface area contributed by atoms with Gasteiger partial charge < -0.3 is 70.1 Å². The number of aliphatic hydroxyl groups is 7. The maximum atomic E-state index is 12.7. The molecule has 2 amide bonds. The molecule has 250 valence electrons. The lowest BCUT2D eigenvalue weighted by atomic mass is 9.90. The largest absolute Gasteiger partial charge is 0.396 e. The summed E-state index contributed by atoms with van der Waals surface area (Å²) in [7, 11) is 0. The van der Waals surface area contributed by atoms with Crippen LogP contribution in [-0.4, -0.2) is 154 Å². The number of amides is 2. The summed E-state index contributed by atoms with van der Waals surface area (Å²) in [4.78, 5) is 23.6. The van der Waals surface area contributed by atoms with Crippen molar-refractivity contribution >= 4 is 11.8 Å². The van der Waals surface area contributed by atoms with Crippen molar-refractivity contribution in [1.82, 2.24) is 10.6 Å². The normalized spacial score (nSPS) is 41.9. The van der Waals surface area contributed by atoms with Crippen molar-refractivity contribution in [3.05, 3.63) is 0 Å². The van der Waals surface area contributed by atoms with E-state index < -0.39 is 98.8 Å². The highest BCUT2D eigenvalue weighted by atomic mass is 16.7. The van der Waals surface area contributed by atoms with Gasteiger partial charge in [-0.05, 0) is 26.7 Å². The van der Waals surface area contributed by atoms with Gasteiger partial charge >= 0.3 is 0 Å². The Labute approximate surface area is 250 Å². The van der Waals surface area contributed by atoms with E-state index in [1.807, 2.05) is 0 Å². The Hall–Kier alpha value is -1.54. The van der Waals surface area contributed by atoms with Crippen LogP contribution in [-0.2, 0) is 33.3 Å². The topological polar surface area (TPSA) is 246 Å². The number of aliphatic hydroxyl groups excluding tert-OH is 7. The minimum absolute atomic E-state index is 0.123. The number of carbonyl (C=O) groups excluding carboxylic acids is 2. The van der Waals surface area contributed by atoms with Gasteiger partial charge in [0.25, 0.3) is 0 Å². The standard InChI is InChI=1S/C27H48N2O14/c1-12-25(22(37)19(17(10-31)40-12)29-18(34)7-5-4-6-8-28-14(3)32)42-26-15(9-30)20(35)24(13(2)41-26)43-27-23(38)21(36)16(33)11-39-27/h12-13,15-17,19-27,30-31,33,35-38H,4-11H2,1-3H3,(H,28,32)(H,29,34)/t12-,13?,15?,16+,17?,19-,20?,21?,22?,23?,24-,25?,26-,27-/m0/s1. The second-order valence-electron chi connectivity index (χ2n) is 11.4. The summed E-state index contributed by atoms with van der Waals surface area (Å²) in [6.07, 6.45) is -12.5. The Morgan fingerprint density at radius 1 is 0.814 bits per heavy atom. The first-order chi connectivity index (χ1) is 20.4. The fourth-order valence-electron chi connectivity index (χ4n) is 5.57. The molecule has 0 saturated carbocycles. The summed E-state index contributed by atoms with van der Waals surface area (Å²) in [5.74, 6) is -1.57. The third kappa shape index (κ3) is 9.24. The zero-order chi connectivity index (χ0) is 31.8. The van der Waals surface area contributed by atoms with Crippen LogP contribution in [0.1, 0.15) is 46.5 Å². The van der Waals surface area contributed by atoms with Crippen molar-refractivity contribution in [3.8, 4) is 0 Å². The van der Waals surface area contributed by atoms with Crippen LogP contribution in [0.5, 0.6) is 0 Å². The number of unbranched alkanes of at least 4 members (excludes halogenated alkanes) is 2. The third-order valence-corrected chi connectivity index (χ3v) is 8.10. The maximum Gasteiger partial charge on any atom is 0.220 e. The first kappa shape index (κ1) is 35.9. The maximum absolute atomic E-state index is 12.7. The molecule has 0 bridgehead atoms. The van der Waals surface area contributed by atoms with Crippen LogP contribution in [0.4, 0.5) is 0 Å². The summed E-state index contributed by atoms with van der Waals surface area (Å²) in [6.45, 7) is 3.69. The zero-order valence-electron chi connectivity index (χ0n) is 24.7. The summed E-state index contributed by atoms with van der Waals surface area (Å²) >= 11 is 0. The quantitative estimate of drug-likeness (QED) is 0.0894. The van der Waals surface area contributed by atoms with Crippen LogP contribution in [0.2, 0.25) is 0 Å². The average molecular weight is 625 g/mol. The zero-order valence-corrected chi connectivity index (χ0v) is 24.7. The van der Waals surface area contributed by atoms with Gasteiger partial charge in [-0.15, -0.1) is 0 Å². The van der Waals surface area contributed by atoms with E-state index in [1.165, 1.54) is 6.92 Å². The summed E-state index contributed by atoms with van der Waals surface area (Å²) in [5.41, 5.74) is 0. The van der Waals surface area contributed by atoms with Gasteiger partial charge in [0, 0.05) is 19.9 Å². The Morgan fingerprint density at radius 3 is 2.12 bits per heavy atom. The predicted octanol–water partition coefficient (Wildman–Crippen LogP) is -3.77. The molecule has 14 atom stereocenters. The second-order valence-corrected chi connectivity index (χ2v) is 11.4. The number of hydrogen-bond donors (Lipinski definition) is 9. The molecule has 0 spiro atoms. The van der Waals surface area contributed by atoms with Gasteiger partial charge in [-0.2, -0.15) is 0 Å². The van der Waals surface area contributed by atoms with Gasteiger partial charge in [0.05, 0.1) is 50.1 Å². The minimum atomic E-state index is -1.60. The van der Waals surface area contributed by atoms with Crippen LogP contribution >= 0.6 is 0 Å². The Bertz CT molecular complexity index is 885. The van der Waals surface area contributed by atoms with Crippen LogP contribution in [0, 0.1) is 5.92 Å². The smallest absolute Gasteiger partial charge is 0.220 e. The van der Waals surface area contributed by atoms with Crippen LogP contribution < -0.4 is 10.6 Å². The van der Waals surface area contributed by atoms with Crippen molar-refractivity contribution in [2.75, 3.05) is 26.4 Å². The monoisotopic (exact) mass is 624 g/mol. The molecule has 0 aromatic carbocycles. The van der Waals surface area contributed by atoms with Gasteiger partial charge in [0.2, 0.25) is 11.8 Å². The van der Waals surface area contributed by atoms with Crippen molar-refractivity contribution < 1.29 is 69.0 Å². The van der Waals surface area contributed by atoms with E-state index in [0.717, 1.165) is 0 Å². The molecular formula is C27H48N2O14. The van der Waals surface area contributed by atoms with Gasteiger partial charge in [0.1, 0.15) is 42.7 Å². The molecule has 3 aliphatic rings. The first-order valence-corrected chi connectivity index (χ1v) is 14.8. The molecule has 3 rings (SSSR count). The molecule has 3 fully saturated rings. The van der Waals surface area contributed by atoms with Crippen molar-refractivity contribution in [3.63, 3.8) is 0 Å². The highest BCUT2D eigenvalue weighted by molar-refractivity contribution is 5.76. The fraction of sp³-hybridized carbons (Fsp3) is 0.926. The number of hydrogen-bond acceptors (Lipinski definition) is 14. The predicted molar refractivity (Wildman–Crippen MR) is 145 cm³/mol. The van der Waals surface area contributed by atoms with E-state index in [-0.39, 0.29) is 24.8 Å². The Kier molecular flexibility index (Phi) is 13.9. The third-order valence-electron chi connectivity index (χ3n) is 8.10.